The molecule has 21 heavy (non-hydrogen) atoms. The molecule has 1 atom stereocenters. The molecule has 5 nitrogen and oxygen atoms in total. The fourth-order valence-corrected chi connectivity index (χ4v) is 1.63. The molecule has 0 saturated heterocycles. The van der Waals surface area contributed by atoms with Gasteiger partial charge < -0.3 is 10.6 Å². The van der Waals surface area contributed by atoms with E-state index in [9.17, 15) is 9.18 Å². The van der Waals surface area contributed by atoms with Crippen molar-refractivity contribution in [1.82, 2.24) is 15.5 Å². The van der Waals surface area contributed by atoms with E-state index >= 15 is 0 Å². The summed E-state index contributed by atoms with van der Waals surface area (Å²) in [6.45, 7) is 3.91. The van der Waals surface area contributed by atoms with Crippen molar-refractivity contribution in [2.24, 2.45) is 0 Å². The van der Waals surface area contributed by atoms with E-state index in [2.05, 4.69) is 20.8 Å². The number of hydrogen-bond acceptors (Lipinski definition) is 4. The van der Waals surface area contributed by atoms with E-state index in [1.54, 1.807) is 24.3 Å². The molecule has 0 bridgehead atoms. The maximum atomic E-state index is 13.1. The van der Waals surface area contributed by atoms with E-state index in [0.29, 0.717) is 11.5 Å². The topological polar surface area (TPSA) is 66.9 Å². The van der Waals surface area contributed by atoms with E-state index in [1.807, 2.05) is 13.8 Å². The maximum absolute atomic E-state index is 13.1. The van der Waals surface area contributed by atoms with Crippen LogP contribution >= 0.6 is 0 Å². The Hall–Kier alpha value is -2.50. The van der Waals surface area contributed by atoms with Gasteiger partial charge in [0.1, 0.15) is 5.82 Å². The maximum Gasteiger partial charge on any atom is 0.272 e. The molecule has 0 saturated carbocycles. The minimum absolute atomic E-state index is 0.0874. The van der Waals surface area contributed by atoms with Crippen molar-refractivity contribution in [2.75, 3.05) is 5.32 Å². The molecule has 1 aromatic carbocycles. The van der Waals surface area contributed by atoms with Crippen molar-refractivity contribution < 1.29 is 9.18 Å². The summed E-state index contributed by atoms with van der Waals surface area (Å²) >= 11 is 0. The molecule has 0 aliphatic rings. The second-order valence-electron chi connectivity index (χ2n) is 4.72. The summed E-state index contributed by atoms with van der Waals surface area (Å²) in [5.74, 6) is -0.146. The van der Waals surface area contributed by atoms with Gasteiger partial charge in [0.15, 0.2) is 11.5 Å². The summed E-state index contributed by atoms with van der Waals surface area (Å²) < 4.78 is 13.1. The first kappa shape index (κ1) is 14.9. The number of halogens is 1. The Morgan fingerprint density at radius 1 is 1.29 bits per heavy atom. The molecule has 6 heteroatoms. The van der Waals surface area contributed by atoms with Crippen LogP contribution in [0.15, 0.2) is 36.4 Å². The van der Waals surface area contributed by atoms with Gasteiger partial charge in [-0.1, -0.05) is 13.0 Å². The SMILES string of the molecule is CCC(C)NC(=O)c1ccc(Nc2cccc(F)c2)nn1. The Bertz CT molecular complexity index is 615. The standard InChI is InChI=1S/C15H17FN4O/c1-3-10(2)17-15(21)13-7-8-14(20-19-13)18-12-6-4-5-11(16)9-12/h4-10H,3H2,1-2H3,(H,17,21)(H,18,20). The summed E-state index contributed by atoms with van der Waals surface area (Å²) in [6.07, 6.45) is 0.846. The molecule has 2 aromatic rings. The van der Waals surface area contributed by atoms with Gasteiger partial charge in [0.2, 0.25) is 0 Å². The molecular formula is C15H17FN4O. The molecule has 1 heterocycles. The van der Waals surface area contributed by atoms with Crippen molar-refractivity contribution in [2.45, 2.75) is 26.3 Å². The van der Waals surface area contributed by atoms with Crippen molar-refractivity contribution in [3.05, 3.63) is 47.9 Å². The molecule has 1 unspecified atom stereocenters. The van der Waals surface area contributed by atoms with Gasteiger partial charge in [-0.05, 0) is 43.7 Å². The largest absolute Gasteiger partial charge is 0.348 e. The van der Waals surface area contributed by atoms with E-state index in [0.717, 1.165) is 6.42 Å². The predicted octanol–water partition coefficient (Wildman–Crippen LogP) is 2.89. The van der Waals surface area contributed by atoms with Crippen molar-refractivity contribution >= 4 is 17.4 Å². The molecule has 2 N–H and O–H groups in total. The molecule has 0 aliphatic carbocycles. The van der Waals surface area contributed by atoms with Gasteiger partial charge >= 0.3 is 0 Å². The lowest BCUT2D eigenvalue weighted by Gasteiger charge is -2.10. The number of anilines is 2. The lowest BCUT2D eigenvalue weighted by Crippen LogP contribution is -2.32. The molecule has 0 radical (unpaired) electrons. The molecule has 0 spiro atoms. The van der Waals surface area contributed by atoms with Crippen molar-refractivity contribution in [3.8, 4) is 0 Å². The zero-order valence-corrected chi connectivity index (χ0v) is 11.9. The molecule has 1 aromatic heterocycles. The van der Waals surface area contributed by atoms with Crippen LogP contribution in [-0.2, 0) is 0 Å². The Morgan fingerprint density at radius 3 is 2.71 bits per heavy atom. The van der Waals surface area contributed by atoms with Gasteiger partial charge in [0.05, 0.1) is 0 Å². The lowest BCUT2D eigenvalue weighted by atomic mass is 10.2. The molecule has 2 rings (SSSR count). The van der Waals surface area contributed by atoms with Gasteiger partial charge in [0, 0.05) is 11.7 Å². The van der Waals surface area contributed by atoms with E-state index < -0.39 is 0 Å². The van der Waals surface area contributed by atoms with Crippen LogP contribution in [0.1, 0.15) is 30.8 Å². The molecule has 0 aliphatic heterocycles. The minimum atomic E-state index is -0.336. The van der Waals surface area contributed by atoms with Gasteiger partial charge in [-0.15, -0.1) is 10.2 Å². The number of nitrogens with zero attached hydrogens (tertiary/aromatic N) is 2. The number of aromatic nitrogens is 2. The summed E-state index contributed by atoms with van der Waals surface area (Å²) in [7, 11) is 0. The molecule has 0 fully saturated rings. The van der Waals surface area contributed by atoms with E-state index in [-0.39, 0.29) is 23.5 Å². The van der Waals surface area contributed by atoms with Crippen LogP contribution in [0.4, 0.5) is 15.9 Å². The van der Waals surface area contributed by atoms with Gasteiger partial charge in [0.25, 0.3) is 5.91 Å². The van der Waals surface area contributed by atoms with Crippen molar-refractivity contribution in [1.29, 1.82) is 0 Å². The highest BCUT2D eigenvalue weighted by Gasteiger charge is 2.10. The van der Waals surface area contributed by atoms with Gasteiger partial charge in [-0.2, -0.15) is 0 Å². The summed E-state index contributed by atoms with van der Waals surface area (Å²) in [6, 6.07) is 9.32. The minimum Gasteiger partial charge on any atom is -0.348 e. The number of rotatable bonds is 5. The first-order valence-electron chi connectivity index (χ1n) is 6.75. The second kappa shape index (κ2) is 6.78. The molecule has 110 valence electrons. The fraction of sp³-hybridized carbons (Fsp3) is 0.267. The highest BCUT2D eigenvalue weighted by atomic mass is 19.1. The number of hydrogen-bond donors (Lipinski definition) is 2. The molecular weight excluding hydrogens is 271 g/mol. The number of carbonyl (C=O) groups excluding carboxylic acids is 1. The van der Waals surface area contributed by atoms with Crippen LogP contribution in [-0.4, -0.2) is 22.1 Å². The monoisotopic (exact) mass is 288 g/mol. The zero-order valence-electron chi connectivity index (χ0n) is 11.9. The highest BCUT2D eigenvalue weighted by molar-refractivity contribution is 5.92. The number of benzene rings is 1. The second-order valence-corrected chi connectivity index (χ2v) is 4.72. The number of carbonyl (C=O) groups is 1. The quantitative estimate of drug-likeness (QED) is 0.887. The first-order valence-corrected chi connectivity index (χ1v) is 6.75. The number of nitrogens with one attached hydrogen (secondary N) is 2. The Balaban J connectivity index is 2.03. The van der Waals surface area contributed by atoms with Crippen LogP contribution in [0, 0.1) is 5.82 Å². The fourth-order valence-electron chi connectivity index (χ4n) is 1.63. The van der Waals surface area contributed by atoms with Crippen LogP contribution < -0.4 is 10.6 Å². The third-order valence-corrected chi connectivity index (χ3v) is 2.98. The van der Waals surface area contributed by atoms with Crippen LogP contribution in [0.3, 0.4) is 0 Å². The third-order valence-electron chi connectivity index (χ3n) is 2.98. The summed E-state index contributed by atoms with van der Waals surface area (Å²) in [5.41, 5.74) is 0.821. The highest BCUT2D eigenvalue weighted by Crippen LogP contribution is 2.14. The molecule has 1 amide bonds. The smallest absolute Gasteiger partial charge is 0.272 e. The average molecular weight is 288 g/mol. The third kappa shape index (κ3) is 4.24. The van der Waals surface area contributed by atoms with Gasteiger partial charge in [-0.3, -0.25) is 4.79 Å². The average Bonchev–Trinajstić information content (AvgIpc) is 2.47. The van der Waals surface area contributed by atoms with Crippen LogP contribution in [0.5, 0.6) is 0 Å². The zero-order chi connectivity index (χ0) is 15.2. The Labute approximate surface area is 122 Å². The lowest BCUT2D eigenvalue weighted by molar-refractivity contribution is 0.0933. The van der Waals surface area contributed by atoms with Gasteiger partial charge in [-0.25, -0.2) is 4.39 Å². The first-order chi connectivity index (χ1) is 10.1. The van der Waals surface area contributed by atoms with E-state index in [1.165, 1.54) is 12.1 Å². The van der Waals surface area contributed by atoms with E-state index in [4.69, 9.17) is 0 Å². The normalized spacial score (nSPS) is 11.8. The predicted molar refractivity (Wildman–Crippen MR) is 78.9 cm³/mol. The Morgan fingerprint density at radius 2 is 2.10 bits per heavy atom. The summed E-state index contributed by atoms with van der Waals surface area (Å²) in [4.78, 5) is 11.8. The van der Waals surface area contributed by atoms with Crippen molar-refractivity contribution in [3.63, 3.8) is 0 Å². The van der Waals surface area contributed by atoms with Crippen LogP contribution in [0.2, 0.25) is 0 Å². The Kier molecular flexibility index (Phi) is 4.81. The number of amides is 1. The van der Waals surface area contributed by atoms with Crippen LogP contribution in [0.25, 0.3) is 0 Å². The summed E-state index contributed by atoms with van der Waals surface area (Å²) in [5, 5.41) is 13.5.